The van der Waals surface area contributed by atoms with Crippen molar-refractivity contribution in [3.05, 3.63) is 66.1 Å². The van der Waals surface area contributed by atoms with Crippen LogP contribution in [-0.4, -0.2) is 65.4 Å². The normalized spacial score (nSPS) is 11.1. The minimum atomic E-state index is -3.71. The van der Waals surface area contributed by atoms with Crippen molar-refractivity contribution in [1.82, 2.24) is 4.31 Å². The van der Waals surface area contributed by atoms with Gasteiger partial charge in [0.1, 0.15) is 0 Å². The molecule has 0 saturated heterocycles. The molecule has 37 heavy (non-hydrogen) atoms. The largest absolute Gasteiger partial charge is 0.493 e. The van der Waals surface area contributed by atoms with E-state index in [4.69, 9.17) is 18.6 Å². The maximum atomic E-state index is 12.9. The zero-order valence-corrected chi connectivity index (χ0v) is 21.2. The van der Waals surface area contributed by atoms with Crippen LogP contribution in [0.15, 0.2) is 64.1 Å². The third kappa shape index (κ3) is 6.45. The van der Waals surface area contributed by atoms with Gasteiger partial charge in [-0.25, -0.2) is 17.5 Å². The number of furan rings is 1. The summed E-state index contributed by atoms with van der Waals surface area (Å²) in [5.74, 6) is -1.85. The average Bonchev–Trinajstić information content (AvgIpc) is 3.42. The van der Waals surface area contributed by atoms with Crippen LogP contribution in [0.4, 0.5) is 11.4 Å². The van der Waals surface area contributed by atoms with Gasteiger partial charge in [0.05, 0.1) is 36.6 Å². The van der Waals surface area contributed by atoms with Crippen LogP contribution in [-0.2, 0) is 19.6 Å². The predicted octanol–water partition coefficient (Wildman–Crippen LogP) is 2.59. The van der Waals surface area contributed by atoms with Gasteiger partial charge in [-0.15, -0.1) is 0 Å². The molecule has 0 atom stereocenters. The maximum Gasteiger partial charge on any atom is 0.340 e. The van der Waals surface area contributed by atoms with Gasteiger partial charge < -0.3 is 29.3 Å². The van der Waals surface area contributed by atoms with Gasteiger partial charge in [0, 0.05) is 31.9 Å². The second-order valence-electron chi connectivity index (χ2n) is 7.62. The summed E-state index contributed by atoms with van der Waals surface area (Å²) in [4.78, 5) is 37.7. The van der Waals surface area contributed by atoms with Crippen molar-refractivity contribution < 1.29 is 41.4 Å². The Hall–Kier alpha value is -4.36. The zero-order valence-electron chi connectivity index (χ0n) is 20.4. The number of sulfonamides is 1. The van der Waals surface area contributed by atoms with Crippen molar-refractivity contribution in [2.75, 3.05) is 45.6 Å². The quantitative estimate of drug-likeness (QED) is 0.376. The molecule has 2 N–H and O–H groups in total. The number of carbonyl (C=O) groups is 3. The Bertz CT molecular complexity index is 1400. The summed E-state index contributed by atoms with van der Waals surface area (Å²) in [6, 6.07) is 11.3. The lowest BCUT2D eigenvalue weighted by molar-refractivity contribution is -0.119. The Kier molecular flexibility index (Phi) is 8.52. The molecule has 12 nitrogen and oxygen atoms in total. The van der Waals surface area contributed by atoms with Crippen molar-refractivity contribution in [2.24, 2.45) is 0 Å². The van der Waals surface area contributed by atoms with Gasteiger partial charge in [-0.1, -0.05) is 6.07 Å². The third-order valence-corrected chi connectivity index (χ3v) is 6.78. The lowest BCUT2D eigenvalue weighted by Gasteiger charge is -2.15. The first-order valence-corrected chi connectivity index (χ1v) is 12.1. The molecule has 1 aromatic heterocycles. The number of anilines is 2. The van der Waals surface area contributed by atoms with Crippen LogP contribution >= 0.6 is 0 Å². The summed E-state index contributed by atoms with van der Waals surface area (Å²) in [5.41, 5.74) is 0.122. The number of hydrogen-bond donors (Lipinski definition) is 2. The molecule has 0 saturated carbocycles. The molecule has 0 unspecified atom stereocenters. The fourth-order valence-corrected chi connectivity index (χ4v) is 4.04. The monoisotopic (exact) mass is 531 g/mol. The molecule has 1 heterocycles. The number of benzene rings is 2. The van der Waals surface area contributed by atoms with Crippen LogP contribution in [0, 0.1) is 0 Å². The third-order valence-electron chi connectivity index (χ3n) is 4.97. The van der Waals surface area contributed by atoms with E-state index in [9.17, 15) is 22.8 Å². The summed E-state index contributed by atoms with van der Waals surface area (Å²) in [7, 11) is 1.82. The number of carbonyl (C=O) groups excluding carboxylic acids is 3. The topological polar surface area (TPSA) is 153 Å². The van der Waals surface area contributed by atoms with E-state index >= 15 is 0 Å². The first-order valence-electron chi connectivity index (χ1n) is 10.7. The number of hydrogen-bond acceptors (Lipinski definition) is 9. The molecule has 2 aromatic carbocycles. The Morgan fingerprint density at radius 1 is 0.946 bits per heavy atom. The fraction of sp³-hybridized carbons (Fsp3) is 0.208. The second kappa shape index (κ2) is 11.6. The number of esters is 1. The van der Waals surface area contributed by atoms with E-state index in [0.29, 0.717) is 0 Å². The van der Waals surface area contributed by atoms with Crippen molar-refractivity contribution in [2.45, 2.75) is 4.90 Å². The van der Waals surface area contributed by atoms with Gasteiger partial charge in [0.25, 0.3) is 11.8 Å². The van der Waals surface area contributed by atoms with E-state index in [0.717, 1.165) is 4.31 Å². The zero-order chi connectivity index (χ0) is 27.2. The summed E-state index contributed by atoms with van der Waals surface area (Å²) < 4.78 is 46.3. The summed E-state index contributed by atoms with van der Waals surface area (Å²) >= 11 is 0. The van der Waals surface area contributed by atoms with Gasteiger partial charge in [-0.2, -0.15) is 0 Å². The van der Waals surface area contributed by atoms with Gasteiger partial charge in [0.2, 0.25) is 10.0 Å². The van der Waals surface area contributed by atoms with Gasteiger partial charge >= 0.3 is 5.97 Å². The number of ether oxygens (including phenoxy) is 3. The molecule has 0 aliphatic rings. The highest BCUT2D eigenvalue weighted by Crippen LogP contribution is 2.34. The van der Waals surface area contributed by atoms with Crippen LogP contribution in [0.2, 0.25) is 0 Å². The van der Waals surface area contributed by atoms with Gasteiger partial charge in [-0.3, -0.25) is 9.59 Å². The van der Waals surface area contributed by atoms with E-state index in [1.165, 1.54) is 83.1 Å². The second-order valence-corrected chi connectivity index (χ2v) is 9.78. The van der Waals surface area contributed by atoms with E-state index in [-0.39, 0.29) is 39.1 Å². The van der Waals surface area contributed by atoms with E-state index in [1.54, 1.807) is 0 Å². The molecule has 0 aliphatic carbocycles. The molecule has 0 spiro atoms. The van der Waals surface area contributed by atoms with Crippen LogP contribution in [0.1, 0.15) is 20.9 Å². The molecular weight excluding hydrogens is 506 g/mol. The van der Waals surface area contributed by atoms with Gasteiger partial charge in [-0.05, 0) is 30.3 Å². The number of rotatable bonds is 10. The van der Waals surface area contributed by atoms with Crippen LogP contribution in [0.3, 0.4) is 0 Å². The maximum absolute atomic E-state index is 12.9. The number of methoxy groups -OCH3 is 2. The van der Waals surface area contributed by atoms with E-state index in [1.807, 2.05) is 0 Å². The van der Waals surface area contributed by atoms with Crippen LogP contribution in [0.5, 0.6) is 11.5 Å². The highest BCUT2D eigenvalue weighted by atomic mass is 32.2. The van der Waals surface area contributed by atoms with Crippen LogP contribution < -0.4 is 20.1 Å². The first-order chi connectivity index (χ1) is 17.6. The summed E-state index contributed by atoms with van der Waals surface area (Å²) in [5, 5.41) is 5.03. The predicted molar refractivity (Wildman–Crippen MR) is 132 cm³/mol. The molecular formula is C24H25N3O9S. The molecule has 0 bridgehead atoms. The number of nitrogens with zero attached hydrogens (tertiary/aromatic N) is 1. The van der Waals surface area contributed by atoms with Gasteiger partial charge in [0.15, 0.2) is 23.9 Å². The Morgan fingerprint density at radius 3 is 2.27 bits per heavy atom. The smallest absolute Gasteiger partial charge is 0.340 e. The van der Waals surface area contributed by atoms with Crippen LogP contribution in [0.25, 0.3) is 0 Å². The SMILES string of the molecule is COc1cc(NC(=O)c2ccco2)c(C(=O)OCC(=O)Nc2cccc(S(=O)(=O)N(C)C)c2)cc1OC. The number of amides is 2. The lowest BCUT2D eigenvalue weighted by atomic mass is 10.1. The van der Waals surface area contributed by atoms with E-state index < -0.39 is 34.4 Å². The Labute approximate surface area is 213 Å². The highest BCUT2D eigenvalue weighted by Gasteiger charge is 2.22. The van der Waals surface area contributed by atoms with Crippen molar-refractivity contribution >= 4 is 39.2 Å². The average molecular weight is 532 g/mol. The minimum Gasteiger partial charge on any atom is -0.493 e. The summed E-state index contributed by atoms with van der Waals surface area (Å²) in [6.07, 6.45) is 1.32. The Balaban J connectivity index is 1.75. The molecule has 0 radical (unpaired) electrons. The molecule has 3 aromatic rings. The minimum absolute atomic E-state index is 0.00647. The molecule has 0 aliphatic heterocycles. The van der Waals surface area contributed by atoms with Crippen molar-refractivity contribution in [3.8, 4) is 11.5 Å². The van der Waals surface area contributed by atoms with Crippen molar-refractivity contribution in [1.29, 1.82) is 0 Å². The molecule has 2 amide bonds. The van der Waals surface area contributed by atoms with E-state index in [2.05, 4.69) is 10.6 Å². The molecule has 196 valence electrons. The molecule has 3 rings (SSSR count). The highest BCUT2D eigenvalue weighted by molar-refractivity contribution is 7.89. The Morgan fingerprint density at radius 2 is 1.65 bits per heavy atom. The number of nitrogens with one attached hydrogen (secondary N) is 2. The van der Waals surface area contributed by atoms with Crippen molar-refractivity contribution in [3.63, 3.8) is 0 Å². The summed E-state index contributed by atoms with van der Waals surface area (Å²) in [6.45, 7) is -0.691. The lowest BCUT2D eigenvalue weighted by Crippen LogP contribution is -2.23. The molecule has 0 fully saturated rings. The standard InChI is InChI=1S/C24H25N3O9S/c1-27(2)37(31,32)16-8-5-7-15(11-16)25-22(28)14-36-24(30)17-12-20(33-3)21(34-4)13-18(17)26-23(29)19-9-6-10-35-19/h5-13H,14H2,1-4H3,(H,25,28)(H,26,29). The fourth-order valence-electron chi connectivity index (χ4n) is 3.09. The molecule has 13 heteroatoms. The first kappa shape index (κ1) is 27.2.